The molecule has 71 heavy (non-hydrogen) atoms. The van der Waals surface area contributed by atoms with Gasteiger partial charge in [0.2, 0.25) is 0 Å². The Bertz CT molecular complexity index is 2300. The van der Waals surface area contributed by atoms with Gasteiger partial charge in [-0.15, -0.1) is 0 Å². The van der Waals surface area contributed by atoms with Crippen molar-refractivity contribution in [3.8, 4) is 23.0 Å². The van der Waals surface area contributed by atoms with E-state index in [9.17, 15) is 38.0 Å². The van der Waals surface area contributed by atoms with Crippen LogP contribution >= 0.6 is 82.5 Å². The van der Waals surface area contributed by atoms with Crippen molar-refractivity contribution >= 4 is 82.5 Å². The first-order valence-corrected chi connectivity index (χ1v) is 39.0. The van der Waals surface area contributed by atoms with Crippen LogP contribution in [0.3, 0.4) is 0 Å². The van der Waals surface area contributed by atoms with E-state index in [1.807, 2.05) is 40.2 Å². The summed E-state index contributed by atoms with van der Waals surface area (Å²) in [5, 5.41) is 46.1. The number of aliphatic hydroxyl groups excluding tert-OH is 4. The maximum absolute atomic E-state index is 13.5. The number of aliphatic hydroxyl groups is 4. The van der Waals surface area contributed by atoms with Gasteiger partial charge in [-0.3, -0.25) is 4.90 Å². The molecule has 0 spiro atoms. The molecule has 4 heterocycles. The molecule has 5 aromatic carbocycles. The van der Waals surface area contributed by atoms with Gasteiger partial charge in [-0.2, -0.15) is 0 Å². The second kappa shape index (κ2) is 29.5. The molecule has 0 aliphatic carbocycles. The molecular formula is C52H59F4I4N2O8V. The molecule has 4 aliphatic rings. The van der Waals surface area contributed by atoms with Crippen LogP contribution < -0.4 is 24.3 Å². The Hall–Kier alpha value is -1.72. The molecule has 0 saturated heterocycles. The van der Waals surface area contributed by atoms with Gasteiger partial charge in [0.25, 0.3) is 0 Å². The van der Waals surface area contributed by atoms with Crippen molar-refractivity contribution in [2.45, 2.75) is 107 Å². The van der Waals surface area contributed by atoms with E-state index >= 15 is 0 Å². The molecule has 4 aliphatic heterocycles. The number of hydrogen-bond acceptors (Lipinski definition) is 10. The van der Waals surface area contributed by atoms with E-state index in [2.05, 4.69) is 87.8 Å². The molecule has 0 aromatic heterocycles. The summed E-state index contributed by atoms with van der Waals surface area (Å²) in [6.45, 7) is 1.64. The van der Waals surface area contributed by atoms with Crippen molar-refractivity contribution in [1.82, 2.24) is 10.2 Å². The standard InChI is InChI=1S/C29H31F2NO4.C22H25F2NO4.CH3I.3HI.V/c30-22-8-12-26-20(14-22)6-10-28(35-26)24(33)17-32(16-19-4-2-1-3-5-19)18-25(34)29-11-7-21-15-23(31)9-13-27(21)36-29;23-15-3-7-19-13(9-15)1-5-21(28-19)17(26)11-25-12-18(27)22-6-2-14-10-16(24)4-8-20(14)29-22;1-2;;;;/h1-5,8-9,12-15,24-25,28-29,33-34H,6-7,10-11,16-18H2;3-4,7-10,17-18,21-22,25-27H,1-2,5-6,11-12H2;1H3;3*1H;/q;;;;;;+3/p-3. The second-order valence-electron chi connectivity index (χ2n) is 17.6. The first-order valence-electron chi connectivity index (χ1n) is 23.3. The van der Waals surface area contributed by atoms with Gasteiger partial charge in [-0.1, -0.05) is 52.9 Å². The molecule has 10 nitrogen and oxygen atoms in total. The Labute approximate surface area is 464 Å². The summed E-state index contributed by atoms with van der Waals surface area (Å²) in [5.74, 6) is 1.24. The maximum atomic E-state index is 13.5. The van der Waals surface area contributed by atoms with E-state index in [1.54, 1.807) is 24.3 Å². The summed E-state index contributed by atoms with van der Waals surface area (Å²) in [4.78, 5) is 3.70. The Morgan fingerprint density at radius 2 is 0.803 bits per heavy atom. The van der Waals surface area contributed by atoms with Gasteiger partial charge in [-0.05, 0) is 157 Å². The van der Waals surface area contributed by atoms with E-state index < -0.39 is 36.6 Å². The van der Waals surface area contributed by atoms with Gasteiger partial charge < -0.3 is 44.7 Å². The molecule has 386 valence electrons. The van der Waals surface area contributed by atoms with E-state index in [-0.39, 0.29) is 53.5 Å². The molecule has 19 heteroatoms. The number of hydrogen-bond donors (Lipinski definition) is 5. The summed E-state index contributed by atoms with van der Waals surface area (Å²) in [5.41, 5.74) is 4.31. The van der Waals surface area contributed by atoms with Crippen molar-refractivity contribution in [2.24, 2.45) is 0 Å². The van der Waals surface area contributed by atoms with Gasteiger partial charge in [0.1, 0.15) is 95.1 Å². The van der Waals surface area contributed by atoms with Gasteiger partial charge >= 0.3 is 64.9 Å². The molecule has 8 atom stereocenters. The summed E-state index contributed by atoms with van der Waals surface area (Å²) in [6.07, 6.45) is 0.197. The molecule has 8 unspecified atom stereocenters. The molecule has 5 N–H and O–H groups in total. The number of alkyl halides is 1. The van der Waals surface area contributed by atoms with Crippen LogP contribution in [0.15, 0.2) is 103 Å². The fourth-order valence-electron chi connectivity index (χ4n) is 9.05. The van der Waals surface area contributed by atoms with Gasteiger partial charge in [-0.25, -0.2) is 17.6 Å². The predicted octanol–water partition coefficient (Wildman–Crippen LogP) is 10.3. The zero-order valence-corrected chi connectivity index (χ0v) is 49.0. The van der Waals surface area contributed by atoms with Gasteiger partial charge in [0.05, 0.1) is 0 Å². The van der Waals surface area contributed by atoms with Gasteiger partial charge in [0.15, 0.2) is 0 Å². The Morgan fingerprint density at radius 3 is 1.11 bits per heavy atom. The molecule has 0 radical (unpaired) electrons. The normalized spacial score (nSPS) is 20.3. The number of rotatable bonds is 14. The second-order valence-corrected chi connectivity index (χ2v) is 53.0. The fourth-order valence-corrected chi connectivity index (χ4v) is 9.05. The number of fused-ring (bicyclic) bond motifs is 4. The SMILES string of the molecule is CI.OC(CN(Cc1ccccc1)CC(O)C1CCc2cc(F)ccc2O1)C1CCc2cc(F)ccc2O1.OC(CNCC(O)C1CCc2cc(F)ccc2O1)C1CCc2cc(F)ccc2O1.[I][V]([I])[I]. The minimum atomic E-state index is -0.796. The molecule has 0 amide bonds. The van der Waals surface area contributed by atoms with Gasteiger partial charge in [0, 0.05) is 32.7 Å². The van der Waals surface area contributed by atoms with Crippen molar-refractivity contribution < 1.29 is 61.9 Å². The van der Waals surface area contributed by atoms with Crippen molar-refractivity contribution in [3.05, 3.63) is 154 Å². The molecule has 0 saturated carbocycles. The zero-order valence-electron chi connectivity index (χ0n) is 39.0. The molecule has 0 fully saturated rings. The summed E-state index contributed by atoms with van der Waals surface area (Å²) < 4.78 is 77.3. The monoisotopic (exact) mass is 1470 g/mol. The molecule has 5 aromatic rings. The van der Waals surface area contributed by atoms with E-state index in [0.717, 1.165) is 27.8 Å². The van der Waals surface area contributed by atoms with Crippen molar-refractivity contribution in [1.29, 1.82) is 0 Å². The average molecular weight is 1470 g/mol. The summed E-state index contributed by atoms with van der Waals surface area (Å²) in [6, 6.07) is 27.6. The summed E-state index contributed by atoms with van der Waals surface area (Å²) in [7, 11) is 0. The Morgan fingerprint density at radius 1 is 0.507 bits per heavy atom. The number of halogens is 8. The van der Waals surface area contributed by atoms with Crippen LogP contribution in [0.25, 0.3) is 0 Å². The molecule has 9 rings (SSSR count). The number of nitrogens with zero attached hydrogens (tertiary/aromatic N) is 1. The Kier molecular flexibility index (Phi) is 24.4. The third-order valence-electron chi connectivity index (χ3n) is 12.6. The predicted molar refractivity (Wildman–Crippen MR) is 297 cm³/mol. The van der Waals surface area contributed by atoms with Crippen LogP contribution in [0.1, 0.15) is 53.5 Å². The third-order valence-corrected chi connectivity index (χ3v) is 12.6. The van der Waals surface area contributed by atoms with Crippen LogP contribution in [0.5, 0.6) is 23.0 Å². The Balaban J connectivity index is 0.000000213. The van der Waals surface area contributed by atoms with Crippen LogP contribution in [-0.2, 0) is 37.1 Å². The molecular weight excluding hydrogens is 1420 g/mol. The number of aryl methyl sites for hydroxylation is 4. The first-order chi connectivity index (χ1) is 34.2. The third kappa shape index (κ3) is 18.2. The molecule has 0 bridgehead atoms. The van der Waals surface area contributed by atoms with Crippen LogP contribution in [0.2, 0.25) is 0 Å². The average Bonchev–Trinajstić information content (AvgIpc) is 3.36. The topological polar surface area (TPSA) is 133 Å². The van der Waals surface area contributed by atoms with E-state index in [1.165, 1.54) is 48.5 Å². The van der Waals surface area contributed by atoms with Crippen molar-refractivity contribution in [3.63, 3.8) is 0 Å². The summed E-state index contributed by atoms with van der Waals surface area (Å²) >= 11 is 9.54. The fraction of sp³-hybridized carbons (Fsp3) is 0.423. The quantitative estimate of drug-likeness (QED) is 0.0416. The van der Waals surface area contributed by atoms with Crippen LogP contribution in [-0.4, -0.2) is 105 Å². The van der Waals surface area contributed by atoms with Crippen LogP contribution in [0, 0.1) is 23.3 Å². The number of nitrogens with one attached hydrogen (secondary N) is 1. The minimum absolute atomic E-state index is 0.257. The van der Waals surface area contributed by atoms with E-state index in [0.29, 0.717) is 94.0 Å². The van der Waals surface area contributed by atoms with Crippen LogP contribution in [0.4, 0.5) is 17.6 Å². The zero-order chi connectivity index (χ0) is 51.0. The number of benzene rings is 5. The van der Waals surface area contributed by atoms with E-state index in [4.69, 9.17) is 18.9 Å². The van der Waals surface area contributed by atoms with Crippen molar-refractivity contribution in [2.75, 3.05) is 31.1 Å². The first kappa shape index (κ1) is 58.5. The number of ether oxygens (including phenoxy) is 4.